The summed E-state index contributed by atoms with van der Waals surface area (Å²) in [5, 5.41) is 19.5. The molecule has 2 amide bonds. The van der Waals surface area contributed by atoms with Crippen LogP contribution in [0.15, 0.2) is 29.5 Å². The van der Waals surface area contributed by atoms with Crippen LogP contribution in [0, 0.1) is 17.1 Å². The van der Waals surface area contributed by atoms with Crippen molar-refractivity contribution in [1.29, 1.82) is 5.26 Å². The largest absolute Gasteiger partial charge is 0.503 e. The average molecular weight is 319 g/mol. The third-order valence-electron chi connectivity index (χ3n) is 3.41. The van der Waals surface area contributed by atoms with Gasteiger partial charge in [0.25, 0.3) is 11.8 Å². The highest BCUT2D eigenvalue weighted by atomic mass is 19.1. The Balaban J connectivity index is 2.23. The summed E-state index contributed by atoms with van der Waals surface area (Å²) in [4.78, 5) is 30.1. The minimum atomic E-state index is -0.675. The summed E-state index contributed by atoms with van der Waals surface area (Å²) in [6, 6.07) is 5.54. The van der Waals surface area contributed by atoms with Crippen LogP contribution in [0.25, 0.3) is 0 Å². The Labute approximate surface area is 131 Å². The van der Waals surface area contributed by atoms with Crippen LogP contribution in [0.3, 0.4) is 0 Å². The molecule has 0 fully saturated rings. The molecule has 1 aliphatic heterocycles. The summed E-state index contributed by atoms with van der Waals surface area (Å²) in [6.45, 7) is -0.102. The lowest BCUT2D eigenvalue weighted by atomic mass is 10.1. The van der Waals surface area contributed by atoms with Gasteiger partial charge in [-0.3, -0.25) is 14.4 Å². The SMILES string of the molecule is CON(Cc1ccc(F)c(C#N)c1)C(=O)C1=C(O)C(=O)N(C)C1. The van der Waals surface area contributed by atoms with Crippen molar-refractivity contribution in [2.75, 3.05) is 20.7 Å². The van der Waals surface area contributed by atoms with Crippen molar-refractivity contribution in [3.8, 4) is 6.07 Å². The molecule has 0 aromatic heterocycles. The Kier molecular flexibility index (Phi) is 4.62. The van der Waals surface area contributed by atoms with Crippen LogP contribution in [0.1, 0.15) is 11.1 Å². The molecular formula is C15H14FN3O4. The van der Waals surface area contributed by atoms with Crippen molar-refractivity contribution in [3.05, 3.63) is 46.5 Å². The van der Waals surface area contributed by atoms with Crippen LogP contribution < -0.4 is 0 Å². The van der Waals surface area contributed by atoms with Crippen LogP contribution in [0.2, 0.25) is 0 Å². The summed E-state index contributed by atoms with van der Waals surface area (Å²) >= 11 is 0. The molecule has 120 valence electrons. The van der Waals surface area contributed by atoms with E-state index in [0.717, 1.165) is 11.1 Å². The standard InChI is InChI=1S/C15H14FN3O4/c1-18-8-11(13(20)15(18)22)14(21)19(23-2)7-9-3-4-12(16)10(5-9)6-17/h3-5,20H,7-8H2,1-2H3. The minimum absolute atomic E-state index is 0.0315. The van der Waals surface area contributed by atoms with Crippen molar-refractivity contribution in [2.24, 2.45) is 0 Å². The Hall–Kier alpha value is -2.92. The number of rotatable bonds is 4. The van der Waals surface area contributed by atoms with Gasteiger partial charge < -0.3 is 10.0 Å². The number of halogens is 1. The fraction of sp³-hybridized carbons (Fsp3) is 0.267. The zero-order valence-corrected chi connectivity index (χ0v) is 12.5. The monoisotopic (exact) mass is 319 g/mol. The van der Waals surface area contributed by atoms with E-state index in [1.54, 1.807) is 6.07 Å². The number of carbonyl (C=O) groups excluding carboxylic acids is 2. The Morgan fingerprint density at radius 2 is 2.26 bits per heavy atom. The number of hydroxylamine groups is 2. The van der Waals surface area contributed by atoms with Crippen LogP contribution in [0.4, 0.5) is 4.39 Å². The highest BCUT2D eigenvalue weighted by Crippen LogP contribution is 2.19. The van der Waals surface area contributed by atoms with Gasteiger partial charge in [0.05, 0.1) is 31.3 Å². The topological polar surface area (TPSA) is 93.9 Å². The molecule has 0 bridgehead atoms. The first-order valence-corrected chi connectivity index (χ1v) is 6.61. The number of nitrogens with zero attached hydrogens (tertiary/aromatic N) is 3. The molecule has 1 aromatic rings. The molecule has 0 saturated carbocycles. The third kappa shape index (κ3) is 3.14. The molecule has 7 nitrogen and oxygen atoms in total. The Morgan fingerprint density at radius 1 is 1.57 bits per heavy atom. The van der Waals surface area contributed by atoms with Crippen LogP contribution in [0.5, 0.6) is 0 Å². The zero-order chi connectivity index (χ0) is 17.1. The number of hydrogen-bond donors (Lipinski definition) is 1. The van der Waals surface area contributed by atoms with E-state index >= 15 is 0 Å². The van der Waals surface area contributed by atoms with Gasteiger partial charge in [-0.15, -0.1) is 0 Å². The van der Waals surface area contributed by atoms with Gasteiger partial charge in [-0.25, -0.2) is 9.45 Å². The summed E-state index contributed by atoms with van der Waals surface area (Å²) in [6.07, 6.45) is 0. The highest BCUT2D eigenvalue weighted by Gasteiger charge is 2.34. The highest BCUT2D eigenvalue weighted by molar-refractivity contribution is 6.06. The first kappa shape index (κ1) is 16.5. The quantitative estimate of drug-likeness (QED) is 0.831. The molecule has 8 heteroatoms. The fourth-order valence-corrected chi connectivity index (χ4v) is 2.15. The maximum Gasteiger partial charge on any atom is 0.289 e. The smallest absolute Gasteiger partial charge is 0.289 e. The lowest BCUT2D eigenvalue weighted by Gasteiger charge is -2.20. The van der Waals surface area contributed by atoms with Gasteiger partial charge in [-0.05, 0) is 17.7 Å². The molecule has 1 aromatic carbocycles. The molecule has 2 rings (SSSR count). The van der Waals surface area contributed by atoms with E-state index < -0.39 is 23.4 Å². The molecule has 0 aliphatic carbocycles. The zero-order valence-electron chi connectivity index (χ0n) is 12.5. The third-order valence-corrected chi connectivity index (χ3v) is 3.41. The molecule has 0 radical (unpaired) electrons. The van der Waals surface area contributed by atoms with Gasteiger partial charge in [0.2, 0.25) is 0 Å². The van der Waals surface area contributed by atoms with Crippen LogP contribution in [-0.2, 0) is 21.0 Å². The molecule has 23 heavy (non-hydrogen) atoms. The Bertz CT molecular complexity index is 739. The van der Waals surface area contributed by atoms with E-state index in [1.165, 1.54) is 31.2 Å². The number of amides is 2. The molecule has 0 unspecified atom stereocenters. The van der Waals surface area contributed by atoms with E-state index in [2.05, 4.69) is 0 Å². The van der Waals surface area contributed by atoms with Crippen LogP contribution in [-0.4, -0.2) is 47.6 Å². The lowest BCUT2D eigenvalue weighted by molar-refractivity contribution is -0.174. The maximum absolute atomic E-state index is 13.3. The summed E-state index contributed by atoms with van der Waals surface area (Å²) in [7, 11) is 2.71. The molecular weight excluding hydrogens is 305 g/mol. The van der Waals surface area contributed by atoms with Gasteiger partial charge in [0.1, 0.15) is 11.9 Å². The number of hydrogen-bond acceptors (Lipinski definition) is 5. The number of benzene rings is 1. The predicted octanol–water partition coefficient (Wildman–Crippen LogP) is 0.871. The molecule has 0 saturated heterocycles. The molecule has 1 N–H and O–H groups in total. The van der Waals surface area contributed by atoms with Crippen molar-refractivity contribution >= 4 is 11.8 Å². The van der Waals surface area contributed by atoms with Gasteiger partial charge in [-0.2, -0.15) is 5.26 Å². The van der Waals surface area contributed by atoms with Gasteiger partial charge >= 0.3 is 0 Å². The molecule has 0 spiro atoms. The van der Waals surface area contributed by atoms with Crippen molar-refractivity contribution in [3.63, 3.8) is 0 Å². The molecule has 1 heterocycles. The second-order valence-corrected chi connectivity index (χ2v) is 4.94. The lowest BCUT2D eigenvalue weighted by Crippen LogP contribution is -2.32. The molecule has 0 atom stereocenters. The number of aliphatic hydroxyl groups excluding tert-OH is 1. The van der Waals surface area contributed by atoms with Crippen molar-refractivity contribution < 1.29 is 23.9 Å². The van der Waals surface area contributed by atoms with Gasteiger partial charge in [0, 0.05) is 7.05 Å². The number of aliphatic hydroxyl groups is 1. The first-order chi connectivity index (χ1) is 10.9. The van der Waals surface area contributed by atoms with Crippen LogP contribution >= 0.6 is 0 Å². The van der Waals surface area contributed by atoms with E-state index in [-0.39, 0.29) is 24.2 Å². The minimum Gasteiger partial charge on any atom is -0.503 e. The van der Waals surface area contributed by atoms with Gasteiger partial charge in [0.15, 0.2) is 5.76 Å². The van der Waals surface area contributed by atoms with E-state index in [4.69, 9.17) is 10.1 Å². The van der Waals surface area contributed by atoms with Crippen molar-refractivity contribution in [1.82, 2.24) is 9.96 Å². The summed E-state index contributed by atoms with van der Waals surface area (Å²) in [5.74, 6) is -2.59. The van der Waals surface area contributed by atoms with E-state index in [9.17, 15) is 19.1 Å². The van der Waals surface area contributed by atoms with Gasteiger partial charge in [-0.1, -0.05) is 6.07 Å². The average Bonchev–Trinajstić information content (AvgIpc) is 2.81. The summed E-state index contributed by atoms with van der Waals surface area (Å²) < 4.78 is 13.3. The normalized spacial score (nSPS) is 14.2. The predicted molar refractivity (Wildman–Crippen MR) is 76.0 cm³/mol. The number of nitriles is 1. The second-order valence-electron chi connectivity index (χ2n) is 4.94. The fourth-order valence-electron chi connectivity index (χ4n) is 2.15. The summed E-state index contributed by atoms with van der Waals surface area (Å²) in [5.41, 5.74) is 0.238. The maximum atomic E-state index is 13.3. The van der Waals surface area contributed by atoms with E-state index in [0.29, 0.717) is 5.56 Å². The second kappa shape index (κ2) is 6.46. The Morgan fingerprint density at radius 3 is 2.78 bits per heavy atom. The first-order valence-electron chi connectivity index (χ1n) is 6.61. The van der Waals surface area contributed by atoms with E-state index in [1.807, 2.05) is 0 Å². The van der Waals surface area contributed by atoms with Crippen molar-refractivity contribution in [2.45, 2.75) is 6.54 Å². The molecule has 1 aliphatic rings. The number of likely N-dealkylation sites (N-methyl/N-ethyl adjacent to an activating group) is 1. The number of carbonyl (C=O) groups is 2.